The lowest BCUT2D eigenvalue weighted by atomic mass is 9.65. The molecule has 1 aliphatic heterocycles. The van der Waals surface area contributed by atoms with Crippen molar-refractivity contribution in [2.75, 3.05) is 4.90 Å². The molecule has 0 amide bonds. The quantitative estimate of drug-likeness (QED) is 0.163. The molecule has 13 rings (SSSR count). The molecule has 63 heavy (non-hydrogen) atoms. The van der Waals surface area contributed by atoms with Crippen molar-refractivity contribution < 1.29 is 0 Å². The van der Waals surface area contributed by atoms with Crippen LogP contribution in [-0.4, -0.2) is 4.57 Å². The van der Waals surface area contributed by atoms with Gasteiger partial charge in [-0.15, -0.1) is 0 Å². The number of benzene rings is 10. The Kier molecular flexibility index (Phi) is 7.85. The van der Waals surface area contributed by atoms with Crippen LogP contribution >= 0.6 is 0 Å². The second-order valence-corrected chi connectivity index (χ2v) is 16.8. The molecule has 2 heterocycles. The van der Waals surface area contributed by atoms with E-state index in [1.807, 2.05) is 0 Å². The largest absolute Gasteiger partial charge is 0.310 e. The van der Waals surface area contributed by atoms with Gasteiger partial charge >= 0.3 is 0 Å². The van der Waals surface area contributed by atoms with E-state index in [0.717, 1.165) is 22.6 Å². The van der Waals surface area contributed by atoms with E-state index in [4.69, 9.17) is 0 Å². The second-order valence-electron chi connectivity index (χ2n) is 16.8. The smallest absolute Gasteiger partial charge is 0.0755 e. The molecule has 2 nitrogen and oxygen atoms in total. The van der Waals surface area contributed by atoms with Crippen LogP contribution in [0.5, 0.6) is 0 Å². The molecule has 2 heteroatoms. The molecule has 1 spiro atoms. The standard InChI is InChI=1S/C61H40N2/c1-3-18-41(19-4-1)43-22-15-24-45(38-43)48-26-8-12-33-57(48)62(46-25-16-23-44(39-46)42-20-5-2-6-21-42)47-36-37-50-49-27-7-10-30-53(49)61(56(50)40-47)54-31-11-14-35-59(54)63-58-34-13-9-28-51(58)52-29-17-32-55(61)60(52)63/h1-40H. The normalized spacial score (nSPS) is 14.4. The topological polar surface area (TPSA) is 8.17 Å². The highest BCUT2D eigenvalue weighted by molar-refractivity contribution is 6.13. The fraction of sp³-hybridized carbons (Fsp3) is 0.0164. The van der Waals surface area contributed by atoms with E-state index in [0.29, 0.717) is 0 Å². The molecule has 2 aliphatic rings. The van der Waals surface area contributed by atoms with Gasteiger partial charge in [0, 0.05) is 27.7 Å². The number of para-hydroxylation sites is 4. The van der Waals surface area contributed by atoms with E-state index in [9.17, 15) is 0 Å². The fourth-order valence-corrected chi connectivity index (χ4v) is 11.0. The first kappa shape index (κ1) is 35.5. The number of anilines is 3. The van der Waals surface area contributed by atoms with E-state index in [1.54, 1.807) is 0 Å². The molecule has 11 aromatic rings. The van der Waals surface area contributed by atoms with E-state index in [2.05, 4.69) is 252 Å². The van der Waals surface area contributed by atoms with Gasteiger partial charge in [-0.2, -0.15) is 0 Å². The number of rotatable bonds is 6. The highest BCUT2D eigenvalue weighted by Gasteiger charge is 2.51. The van der Waals surface area contributed by atoms with Crippen molar-refractivity contribution in [3.05, 3.63) is 265 Å². The number of hydrogen-bond acceptors (Lipinski definition) is 1. The van der Waals surface area contributed by atoms with Crippen molar-refractivity contribution in [3.63, 3.8) is 0 Å². The van der Waals surface area contributed by atoms with Crippen LogP contribution in [0.4, 0.5) is 17.1 Å². The zero-order valence-corrected chi connectivity index (χ0v) is 34.5. The Balaban J connectivity index is 1.10. The van der Waals surface area contributed by atoms with Crippen LogP contribution in [0.2, 0.25) is 0 Å². The minimum atomic E-state index is -0.566. The Morgan fingerprint density at radius 2 is 0.873 bits per heavy atom. The molecule has 0 radical (unpaired) electrons. The van der Waals surface area contributed by atoms with Gasteiger partial charge in [0.05, 0.1) is 27.8 Å². The summed E-state index contributed by atoms with van der Waals surface area (Å²) < 4.78 is 2.52. The summed E-state index contributed by atoms with van der Waals surface area (Å²) in [4.78, 5) is 2.49. The molecule has 10 aromatic carbocycles. The Labute approximate surface area is 367 Å². The van der Waals surface area contributed by atoms with Crippen molar-refractivity contribution in [1.29, 1.82) is 0 Å². The molecule has 1 aromatic heterocycles. The van der Waals surface area contributed by atoms with E-state index in [-0.39, 0.29) is 0 Å². The summed E-state index contributed by atoms with van der Waals surface area (Å²) in [6, 6.07) is 89.6. The monoisotopic (exact) mass is 800 g/mol. The molecule has 0 saturated heterocycles. The van der Waals surface area contributed by atoms with Crippen LogP contribution in [0.25, 0.3) is 72.0 Å². The average molecular weight is 801 g/mol. The predicted octanol–water partition coefficient (Wildman–Crippen LogP) is 15.9. The number of aromatic nitrogens is 1. The molecule has 1 aliphatic carbocycles. The van der Waals surface area contributed by atoms with E-state index >= 15 is 0 Å². The Morgan fingerprint density at radius 3 is 1.70 bits per heavy atom. The SMILES string of the molecule is c1ccc(-c2cccc(-c3ccccc3N(c3cccc(-c4ccccc4)c3)c3ccc4c(c3)C3(c5ccccc5-4)c4ccccc4-n4c5ccccc5c5cccc3c54)c2)cc1. The van der Waals surface area contributed by atoms with Crippen LogP contribution in [-0.2, 0) is 5.41 Å². The first-order chi connectivity index (χ1) is 31.3. The van der Waals surface area contributed by atoms with Crippen LogP contribution in [0.3, 0.4) is 0 Å². The maximum atomic E-state index is 2.52. The number of fused-ring (bicyclic) bond motifs is 12. The minimum Gasteiger partial charge on any atom is -0.310 e. The van der Waals surface area contributed by atoms with Crippen molar-refractivity contribution in [2.24, 2.45) is 0 Å². The molecular formula is C61H40N2. The van der Waals surface area contributed by atoms with Crippen LogP contribution in [0.15, 0.2) is 243 Å². The zero-order chi connectivity index (χ0) is 41.5. The summed E-state index contributed by atoms with van der Waals surface area (Å²) in [5, 5.41) is 2.56. The van der Waals surface area contributed by atoms with Crippen molar-refractivity contribution in [2.45, 2.75) is 5.41 Å². The fourth-order valence-electron chi connectivity index (χ4n) is 11.0. The third kappa shape index (κ3) is 5.19. The summed E-state index contributed by atoms with van der Waals surface area (Å²) >= 11 is 0. The first-order valence-electron chi connectivity index (χ1n) is 21.8. The van der Waals surface area contributed by atoms with E-state index < -0.39 is 5.41 Å². The molecule has 294 valence electrons. The van der Waals surface area contributed by atoms with Crippen LogP contribution in [0.1, 0.15) is 22.3 Å². The molecule has 0 bridgehead atoms. The summed E-state index contributed by atoms with van der Waals surface area (Å²) in [5.74, 6) is 0. The van der Waals surface area contributed by atoms with Gasteiger partial charge in [0.25, 0.3) is 0 Å². The Bertz CT molecular complexity index is 3580. The third-order valence-corrected chi connectivity index (χ3v) is 13.6. The molecule has 1 atom stereocenters. The van der Waals surface area contributed by atoms with Crippen molar-refractivity contribution in [1.82, 2.24) is 4.57 Å². The van der Waals surface area contributed by atoms with Gasteiger partial charge in [-0.25, -0.2) is 0 Å². The molecule has 1 unspecified atom stereocenters. The summed E-state index contributed by atoms with van der Waals surface area (Å²) in [7, 11) is 0. The number of nitrogens with zero attached hydrogens (tertiary/aromatic N) is 2. The van der Waals surface area contributed by atoms with Gasteiger partial charge in [-0.1, -0.05) is 194 Å². The molecule has 0 fully saturated rings. The van der Waals surface area contributed by atoms with Crippen LogP contribution < -0.4 is 4.90 Å². The van der Waals surface area contributed by atoms with Crippen molar-refractivity contribution in [3.8, 4) is 50.2 Å². The second kappa shape index (κ2) is 13.9. The van der Waals surface area contributed by atoms with Gasteiger partial charge in [-0.3, -0.25) is 0 Å². The third-order valence-electron chi connectivity index (χ3n) is 13.6. The van der Waals surface area contributed by atoms with Gasteiger partial charge in [0.15, 0.2) is 0 Å². The summed E-state index contributed by atoms with van der Waals surface area (Å²) in [6.45, 7) is 0. The first-order valence-corrected chi connectivity index (χ1v) is 21.8. The zero-order valence-electron chi connectivity index (χ0n) is 34.5. The Hall–Kier alpha value is -8.20. The molecular weight excluding hydrogens is 761 g/mol. The Morgan fingerprint density at radius 1 is 0.317 bits per heavy atom. The van der Waals surface area contributed by atoms with Gasteiger partial charge in [0.1, 0.15) is 0 Å². The average Bonchev–Trinajstić information content (AvgIpc) is 3.85. The van der Waals surface area contributed by atoms with Gasteiger partial charge in [-0.05, 0) is 110 Å². The van der Waals surface area contributed by atoms with Crippen molar-refractivity contribution >= 4 is 38.9 Å². The van der Waals surface area contributed by atoms with Gasteiger partial charge < -0.3 is 9.47 Å². The maximum Gasteiger partial charge on any atom is 0.0755 e. The lowest BCUT2D eigenvalue weighted by Crippen LogP contribution is -2.33. The highest BCUT2D eigenvalue weighted by atomic mass is 15.1. The summed E-state index contributed by atoms with van der Waals surface area (Å²) in [5.41, 5.74) is 21.4. The maximum absolute atomic E-state index is 2.52. The highest BCUT2D eigenvalue weighted by Crippen LogP contribution is 2.62. The van der Waals surface area contributed by atoms with E-state index in [1.165, 1.54) is 88.7 Å². The lowest BCUT2D eigenvalue weighted by molar-refractivity contribution is 0.748. The number of hydrogen-bond donors (Lipinski definition) is 0. The minimum absolute atomic E-state index is 0.566. The van der Waals surface area contributed by atoms with Gasteiger partial charge in [0.2, 0.25) is 0 Å². The molecule has 0 N–H and O–H groups in total. The summed E-state index contributed by atoms with van der Waals surface area (Å²) in [6.07, 6.45) is 0. The predicted molar refractivity (Wildman–Crippen MR) is 263 cm³/mol. The van der Waals surface area contributed by atoms with Crippen LogP contribution in [0, 0.1) is 0 Å². The lowest BCUT2D eigenvalue weighted by Gasteiger charge is -2.40. The molecule has 0 saturated carbocycles.